The van der Waals surface area contributed by atoms with Crippen LogP contribution in [0.2, 0.25) is 0 Å². The molecule has 4 nitrogen and oxygen atoms in total. The van der Waals surface area contributed by atoms with Gasteiger partial charge in [-0.1, -0.05) is 12.8 Å². The topological polar surface area (TPSA) is 55.6 Å². The van der Waals surface area contributed by atoms with E-state index in [9.17, 15) is 4.79 Å². The molecule has 2 bridgehead atoms. The lowest BCUT2D eigenvalue weighted by Gasteiger charge is -2.37. The molecule has 4 heteroatoms. The Morgan fingerprint density at radius 1 is 1.00 bits per heavy atom. The fourth-order valence-corrected chi connectivity index (χ4v) is 5.61. The van der Waals surface area contributed by atoms with Crippen LogP contribution in [0.4, 0.5) is 0 Å². The molecule has 1 saturated heterocycles. The highest BCUT2D eigenvalue weighted by Gasteiger charge is 2.50. The second-order valence-electron chi connectivity index (χ2n) is 8.44. The van der Waals surface area contributed by atoms with Gasteiger partial charge in [-0.05, 0) is 62.7 Å². The van der Waals surface area contributed by atoms with Crippen molar-refractivity contribution in [2.45, 2.75) is 69.9 Å². The number of carbonyl (C=O) groups excluding carboxylic acids is 1. The summed E-state index contributed by atoms with van der Waals surface area (Å²) in [6, 6.07) is 0.123. The van der Waals surface area contributed by atoms with E-state index in [0.29, 0.717) is 23.8 Å². The third-order valence-corrected chi connectivity index (χ3v) is 7.06. The summed E-state index contributed by atoms with van der Waals surface area (Å²) in [4.78, 5) is 15.0. The minimum atomic E-state index is 0.115. The van der Waals surface area contributed by atoms with Gasteiger partial charge in [0.15, 0.2) is 0 Å². The molecular formula is C19H32N2O2. The maximum atomic E-state index is 12.9. The number of fused-ring (bicyclic) bond motifs is 2. The van der Waals surface area contributed by atoms with Crippen molar-refractivity contribution in [1.29, 1.82) is 0 Å². The number of ether oxygens (including phenoxy) is 1. The molecule has 4 aliphatic rings. The number of nitrogens with zero attached hydrogens (tertiary/aromatic N) is 1. The first kappa shape index (κ1) is 15.9. The number of nitrogens with two attached hydrogens (primary N) is 1. The Labute approximate surface area is 140 Å². The van der Waals surface area contributed by atoms with Crippen LogP contribution in [0.25, 0.3) is 0 Å². The smallest absolute Gasteiger partial charge is 0.227 e. The third-order valence-electron chi connectivity index (χ3n) is 7.06. The van der Waals surface area contributed by atoms with Crippen LogP contribution in [-0.4, -0.2) is 42.6 Å². The first-order valence-corrected chi connectivity index (χ1v) is 9.88. The monoisotopic (exact) mass is 320 g/mol. The Kier molecular flexibility index (Phi) is 4.64. The van der Waals surface area contributed by atoms with Crippen LogP contribution >= 0.6 is 0 Å². The van der Waals surface area contributed by atoms with Crippen LogP contribution in [0.5, 0.6) is 0 Å². The first-order chi connectivity index (χ1) is 11.2. The van der Waals surface area contributed by atoms with Gasteiger partial charge in [-0.15, -0.1) is 0 Å². The van der Waals surface area contributed by atoms with Crippen molar-refractivity contribution in [2.24, 2.45) is 29.4 Å². The van der Waals surface area contributed by atoms with E-state index in [0.717, 1.165) is 38.5 Å². The van der Waals surface area contributed by atoms with Gasteiger partial charge >= 0.3 is 0 Å². The lowest BCUT2D eigenvalue weighted by Crippen LogP contribution is -2.50. The van der Waals surface area contributed by atoms with E-state index in [4.69, 9.17) is 10.5 Å². The van der Waals surface area contributed by atoms with Gasteiger partial charge in [-0.25, -0.2) is 0 Å². The fourth-order valence-electron chi connectivity index (χ4n) is 5.61. The van der Waals surface area contributed by atoms with Crippen molar-refractivity contribution in [3.8, 4) is 0 Å². The molecule has 3 saturated carbocycles. The Bertz CT molecular complexity index is 425. The highest BCUT2D eigenvalue weighted by Crippen LogP contribution is 2.48. The van der Waals surface area contributed by atoms with E-state index in [1.807, 2.05) is 0 Å². The van der Waals surface area contributed by atoms with Crippen LogP contribution in [0.15, 0.2) is 0 Å². The molecule has 2 N–H and O–H groups in total. The lowest BCUT2D eigenvalue weighted by atomic mass is 9.83. The van der Waals surface area contributed by atoms with Gasteiger partial charge in [0.05, 0.1) is 12.0 Å². The summed E-state index contributed by atoms with van der Waals surface area (Å²) in [5.74, 6) is 2.44. The SMILES string of the molecule is NC1C2CCC(C2)C1C(=O)N1CCC(OCC2CCCC2)CC1. The lowest BCUT2D eigenvalue weighted by molar-refractivity contribution is -0.140. The minimum Gasteiger partial charge on any atom is -0.378 e. The Hall–Kier alpha value is -0.610. The van der Waals surface area contributed by atoms with Crippen molar-refractivity contribution in [3.05, 3.63) is 0 Å². The third kappa shape index (κ3) is 3.17. The number of hydrogen-bond donors (Lipinski definition) is 1. The molecule has 23 heavy (non-hydrogen) atoms. The van der Waals surface area contributed by atoms with Crippen molar-refractivity contribution in [2.75, 3.05) is 19.7 Å². The van der Waals surface area contributed by atoms with Gasteiger partial charge in [0.25, 0.3) is 0 Å². The summed E-state index contributed by atoms with van der Waals surface area (Å²) in [6.45, 7) is 2.68. The highest BCUT2D eigenvalue weighted by molar-refractivity contribution is 5.80. The number of likely N-dealkylation sites (tertiary alicyclic amines) is 1. The molecule has 1 aliphatic heterocycles. The molecule has 0 aromatic rings. The average molecular weight is 320 g/mol. The summed E-state index contributed by atoms with van der Waals surface area (Å²) in [6.07, 6.45) is 11.5. The van der Waals surface area contributed by atoms with Crippen LogP contribution in [0.1, 0.15) is 57.8 Å². The Morgan fingerprint density at radius 3 is 2.35 bits per heavy atom. The average Bonchev–Trinajstić information content (AvgIpc) is 3.30. The first-order valence-electron chi connectivity index (χ1n) is 9.88. The van der Waals surface area contributed by atoms with Crippen molar-refractivity contribution >= 4 is 5.91 Å². The van der Waals surface area contributed by atoms with Crippen molar-refractivity contribution in [1.82, 2.24) is 4.90 Å². The molecule has 1 amide bonds. The van der Waals surface area contributed by atoms with E-state index in [2.05, 4.69) is 4.90 Å². The van der Waals surface area contributed by atoms with Crippen LogP contribution < -0.4 is 5.73 Å². The predicted octanol–water partition coefficient (Wildman–Crippen LogP) is 2.56. The van der Waals surface area contributed by atoms with Gasteiger partial charge in [0, 0.05) is 25.7 Å². The van der Waals surface area contributed by atoms with E-state index in [1.165, 1.54) is 44.9 Å². The molecule has 0 spiro atoms. The second kappa shape index (κ2) is 6.72. The molecule has 4 fully saturated rings. The maximum Gasteiger partial charge on any atom is 0.227 e. The zero-order valence-corrected chi connectivity index (χ0v) is 14.3. The van der Waals surface area contributed by atoms with Crippen LogP contribution in [0.3, 0.4) is 0 Å². The van der Waals surface area contributed by atoms with E-state index >= 15 is 0 Å². The predicted molar refractivity (Wildman–Crippen MR) is 89.8 cm³/mol. The molecule has 1 heterocycles. The molecule has 0 radical (unpaired) electrons. The van der Waals surface area contributed by atoms with Crippen molar-refractivity contribution in [3.63, 3.8) is 0 Å². The highest BCUT2D eigenvalue weighted by atomic mass is 16.5. The largest absolute Gasteiger partial charge is 0.378 e. The van der Waals surface area contributed by atoms with Crippen LogP contribution in [0, 0.1) is 23.7 Å². The van der Waals surface area contributed by atoms with Gasteiger partial charge in [-0.3, -0.25) is 4.79 Å². The quantitative estimate of drug-likeness (QED) is 0.866. The maximum absolute atomic E-state index is 12.9. The second-order valence-corrected chi connectivity index (χ2v) is 8.44. The molecule has 3 aliphatic carbocycles. The number of hydrogen-bond acceptors (Lipinski definition) is 3. The zero-order valence-electron chi connectivity index (χ0n) is 14.3. The van der Waals surface area contributed by atoms with Gasteiger partial charge in [0.1, 0.15) is 0 Å². The molecular weight excluding hydrogens is 288 g/mol. The van der Waals surface area contributed by atoms with E-state index in [1.54, 1.807) is 0 Å². The molecule has 4 rings (SSSR count). The summed E-state index contributed by atoms with van der Waals surface area (Å²) >= 11 is 0. The summed E-state index contributed by atoms with van der Waals surface area (Å²) in [7, 11) is 0. The number of amides is 1. The molecule has 0 aromatic heterocycles. The Balaban J connectivity index is 1.24. The molecule has 130 valence electrons. The normalized spacial score (nSPS) is 38.6. The summed E-state index contributed by atoms with van der Waals surface area (Å²) in [5, 5.41) is 0. The van der Waals surface area contributed by atoms with Gasteiger partial charge in [-0.2, -0.15) is 0 Å². The molecule has 4 atom stereocenters. The molecule has 4 unspecified atom stereocenters. The summed E-state index contributed by atoms with van der Waals surface area (Å²) in [5.41, 5.74) is 6.34. The number of carbonyl (C=O) groups is 1. The van der Waals surface area contributed by atoms with Gasteiger partial charge < -0.3 is 15.4 Å². The zero-order chi connectivity index (χ0) is 15.8. The summed E-state index contributed by atoms with van der Waals surface area (Å²) < 4.78 is 6.13. The number of piperidine rings is 1. The molecule has 0 aromatic carbocycles. The number of rotatable bonds is 4. The minimum absolute atomic E-state index is 0.115. The Morgan fingerprint density at radius 2 is 1.70 bits per heavy atom. The van der Waals surface area contributed by atoms with E-state index < -0.39 is 0 Å². The van der Waals surface area contributed by atoms with Gasteiger partial charge in [0.2, 0.25) is 5.91 Å². The van der Waals surface area contributed by atoms with Crippen LogP contribution in [-0.2, 0) is 9.53 Å². The standard InChI is InChI=1S/C19H32N2O2/c20-18-15-6-5-14(11-15)17(18)19(22)21-9-7-16(8-10-21)23-12-13-3-1-2-4-13/h13-18H,1-12,20H2. The van der Waals surface area contributed by atoms with Crippen molar-refractivity contribution < 1.29 is 9.53 Å². The van der Waals surface area contributed by atoms with E-state index in [-0.39, 0.29) is 12.0 Å². The fraction of sp³-hybridized carbons (Fsp3) is 0.947.